The Hall–Kier alpha value is -2.49. The molecule has 0 amide bonds. The molecule has 0 radical (unpaired) electrons. The van der Waals surface area contributed by atoms with E-state index in [-0.39, 0.29) is 0 Å². The van der Waals surface area contributed by atoms with Crippen LogP contribution in [0.1, 0.15) is 11.1 Å². The minimum atomic E-state index is 0.505. The van der Waals surface area contributed by atoms with Gasteiger partial charge < -0.3 is 9.15 Å². The quantitative estimate of drug-likeness (QED) is 0.415. The Balaban J connectivity index is 1.95. The molecular weight excluding hydrogens is 357 g/mol. The molecule has 5 heteroatoms. The van der Waals surface area contributed by atoms with E-state index in [0.717, 1.165) is 33.1 Å². The largest absolute Gasteiger partial charge is 0.493 e. The molecule has 0 fully saturated rings. The van der Waals surface area contributed by atoms with Crippen LogP contribution in [0.2, 0.25) is 10.0 Å². The third kappa shape index (κ3) is 2.76. The minimum Gasteiger partial charge on any atom is -0.493 e. The van der Waals surface area contributed by atoms with E-state index in [4.69, 9.17) is 32.4 Å². The normalized spacial score (nSPS) is 11.6. The second-order valence-corrected chi connectivity index (χ2v) is 6.32. The second-order valence-electron chi connectivity index (χ2n) is 5.51. The average Bonchev–Trinajstić information content (AvgIpc) is 3.01. The summed E-state index contributed by atoms with van der Waals surface area (Å²) in [6, 6.07) is 11.8. The molecule has 0 saturated heterocycles. The van der Waals surface area contributed by atoms with Crippen LogP contribution in [0.5, 0.6) is 5.75 Å². The van der Waals surface area contributed by atoms with Crippen LogP contribution in [0.15, 0.2) is 53.2 Å². The number of rotatable bonds is 3. The first-order valence-corrected chi connectivity index (χ1v) is 8.40. The van der Waals surface area contributed by atoms with E-state index in [1.54, 1.807) is 19.5 Å². The molecule has 0 N–H and O–H groups in total. The molecule has 0 atom stereocenters. The zero-order valence-corrected chi connectivity index (χ0v) is 14.8. The number of ether oxygens (including phenoxy) is 1. The van der Waals surface area contributed by atoms with Crippen molar-refractivity contribution in [2.45, 2.75) is 0 Å². The first-order chi connectivity index (χ1) is 12.2. The summed E-state index contributed by atoms with van der Waals surface area (Å²) in [7, 11) is 1.63. The van der Waals surface area contributed by atoms with Crippen molar-refractivity contribution in [2.75, 3.05) is 7.11 Å². The van der Waals surface area contributed by atoms with Crippen LogP contribution in [0.3, 0.4) is 0 Å². The summed E-state index contributed by atoms with van der Waals surface area (Å²) in [6.07, 6.45) is 7.00. The number of fused-ring (bicyclic) bond motifs is 3. The van der Waals surface area contributed by atoms with Crippen LogP contribution in [0.4, 0.5) is 0 Å². The van der Waals surface area contributed by atoms with Crippen LogP contribution in [-0.2, 0) is 0 Å². The molecule has 0 aliphatic heterocycles. The molecule has 0 bridgehead atoms. The molecule has 124 valence electrons. The number of hydrogen-bond acceptors (Lipinski definition) is 3. The highest BCUT2D eigenvalue weighted by molar-refractivity contribution is 6.37. The van der Waals surface area contributed by atoms with Crippen LogP contribution in [0.25, 0.3) is 34.1 Å². The number of hydrogen-bond donors (Lipinski definition) is 0. The maximum Gasteiger partial charge on any atom is 0.177 e. The van der Waals surface area contributed by atoms with E-state index in [9.17, 15) is 0 Å². The van der Waals surface area contributed by atoms with Crippen LogP contribution < -0.4 is 4.74 Å². The van der Waals surface area contributed by atoms with E-state index in [0.29, 0.717) is 15.8 Å². The molecule has 2 aromatic heterocycles. The van der Waals surface area contributed by atoms with E-state index in [1.807, 2.05) is 48.6 Å². The molecule has 2 heterocycles. The van der Waals surface area contributed by atoms with Crippen molar-refractivity contribution >= 4 is 57.3 Å². The van der Waals surface area contributed by atoms with Gasteiger partial charge in [-0.1, -0.05) is 59.6 Å². The lowest BCUT2D eigenvalue weighted by Gasteiger charge is -2.04. The number of pyridine rings is 1. The van der Waals surface area contributed by atoms with Gasteiger partial charge in [-0.25, -0.2) is 0 Å². The second kappa shape index (κ2) is 6.43. The van der Waals surface area contributed by atoms with E-state index < -0.39 is 0 Å². The summed E-state index contributed by atoms with van der Waals surface area (Å²) in [5.74, 6) is 0.698. The van der Waals surface area contributed by atoms with Crippen molar-refractivity contribution in [1.29, 1.82) is 0 Å². The van der Waals surface area contributed by atoms with Gasteiger partial charge in [-0.3, -0.25) is 4.98 Å². The summed E-state index contributed by atoms with van der Waals surface area (Å²) in [6.45, 7) is 0. The first kappa shape index (κ1) is 16.0. The smallest absolute Gasteiger partial charge is 0.177 e. The lowest BCUT2D eigenvalue weighted by molar-refractivity contribution is 0.412. The standard InChI is InChI=1S/C20H13Cl2NO2/c1-24-18-9-7-12(6-8-13-15(21)10-23-11-16(13)22)19-14-4-2-3-5-17(14)25-20(18)19/h2-11H,1H3. The number of benzene rings is 2. The monoisotopic (exact) mass is 369 g/mol. The third-order valence-electron chi connectivity index (χ3n) is 4.06. The third-order valence-corrected chi connectivity index (χ3v) is 4.66. The summed E-state index contributed by atoms with van der Waals surface area (Å²) < 4.78 is 11.4. The van der Waals surface area contributed by atoms with Gasteiger partial charge in [-0.2, -0.15) is 0 Å². The van der Waals surface area contributed by atoms with E-state index in [1.165, 1.54) is 0 Å². The van der Waals surface area contributed by atoms with Crippen molar-refractivity contribution in [3.05, 3.63) is 70.0 Å². The Morgan fingerprint density at radius 2 is 1.76 bits per heavy atom. The summed E-state index contributed by atoms with van der Waals surface area (Å²) in [4.78, 5) is 3.98. The van der Waals surface area contributed by atoms with Gasteiger partial charge in [0.1, 0.15) is 5.58 Å². The lowest BCUT2D eigenvalue weighted by atomic mass is 10.0. The average molecular weight is 370 g/mol. The molecule has 3 nitrogen and oxygen atoms in total. The summed E-state index contributed by atoms with van der Waals surface area (Å²) in [5, 5.41) is 3.03. The maximum absolute atomic E-state index is 6.20. The highest BCUT2D eigenvalue weighted by Gasteiger charge is 2.14. The van der Waals surface area contributed by atoms with Crippen molar-refractivity contribution in [2.24, 2.45) is 0 Å². The molecule has 0 aliphatic carbocycles. The van der Waals surface area contributed by atoms with Gasteiger partial charge in [0.05, 0.1) is 17.2 Å². The molecule has 25 heavy (non-hydrogen) atoms. The summed E-state index contributed by atoms with van der Waals surface area (Å²) >= 11 is 12.4. The van der Waals surface area contributed by atoms with Gasteiger partial charge in [0.15, 0.2) is 11.3 Å². The maximum atomic E-state index is 6.20. The molecule has 0 spiro atoms. The fourth-order valence-electron chi connectivity index (χ4n) is 2.88. The van der Waals surface area contributed by atoms with E-state index >= 15 is 0 Å². The Labute approximate surface area is 154 Å². The fraction of sp³-hybridized carbons (Fsp3) is 0.0500. The Morgan fingerprint density at radius 3 is 2.52 bits per heavy atom. The molecular formula is C20H13Cl2NO2. The summed E-state index contributed by atoms with van der Waals surface area (Å²) in [5.41, 5.74) is 3.26. The highest BCUT2D eigenvalue weighted by Crippen LogP contribution is 2.38. The number of aromatic nitrogens is 1. The van der Waals surface area contributed by atoms with Gasteiger partial charge >= 0.3 is 0 Å². The first-order valence-electron chi connectivity index (χ1n) is 7.64. The van der Waals surface area contributed by atoms with Crippen molar-refractivity contribution in [3.63, 3.8) is 0 Å². The topological polar surface area (TPSA) is 35.3 Å². The van der Waals surface area contributed by atoms with Gasteiger partial charge in [-0.15, -0.1) is 0 Å². The van der Waals surface area contributed by atoms with Crippen LogP contribution in [0, 0.1) is 0 Å². The van der Waals surface area contributed by atoms with Crippen LogP contribution in [-0.4, -0.2) is 12.1 Å². The lowest BCUT2D eigenvalue weighted by Crippen LogP contribution is -1.85. The van der Waals surface area contributed by atoms with E-state index in [2.05, 4.69) is 4.98 Å². The molecule has 2 aromatic carbocycles. The molecule has 0 unspecified atom stereocenters. The molecule has 0 saturated carbocycles. The van der Waals surface area contributed by atoms with Crippen LogP contribution >= 0.6 is 23.2 Å². The Bertz CT molecular complexity index is 1100. The van der Waals surface area contributed by atoms with Crippen molar-refractivity contribution in [3.8, 4) is 5.75 Å². The highest BCUT2D eigenvalue weighted by atomic mass is 35.5. The van der Waals surface area contributed by atoms with Crippen molar-refractivity contribution < 1.29 is 9.15 Å². The Morgan fingerprint density at radius 1 is 1.00 bits per heavy atom. The predicted octanol–water partition coefficient (Wildman–Crippen LogP) is 6.47. The zero-order chi connectivity index (χ0) is 17.4. The fourth-order valence-corrected chi connectivity index (χ4v) is 3.37. The molecule has 4 aromatic rings. The number of para-hydroxylation sites is 1. The minimum absolute atomic E-state index is 0.505. The number of methoxy groups -OCH3 is 1. The predicted molar refractivity (Wildman–Crippen MR) is 103 cm³/mol. The number of nitrogens with zero attached hydrogens (tertiary/aromatic N) is 1. The van der Waals surface area contributed by atoms with Gasteiger partial charge in [0.2, 0.25) is 0 Å². The van der Waals surface area contributed by atoms with Gasteiger partial charge in [-0.05, 0) is 17.7 Å². The Kier molecular flexibility index (Phi) is 4.12. The van der Waals surface area contributed by atoms with Gasteiger partial charge in [0.25, 0.3) is 0 Å². The number of furan rings is 1. The molecule has 4 rings (SSSR count). The molecule has 0 aliphatic rings. The van der Waals surface area contributed by atoms with Gasteiger partial charge in [0, 0.05) is 28.7 Å². The van der Waals surface area contributed by atoms with Crippen molar-refractivity contribution in [1.82, 2.24) is 4.98 Å². The number of halogens is 2. The zero-order valence-electron chi connectivity index (χ0n) is 13.3. The SMILES string of the molecule is COc1ccc(C=Cc2c(Cl)cncc2Cl)c2c1oc1ccccc12.